The lowest BCUT2D eigenvalue weighted by atomic mass is 9.57. The van der Waals surface area contributed by atoms with Crippen molar-refractivity contribution in [1.82, 2.24) is 30.2 Å². The lowest BCUT2D eigenvalue weighted by molar-refractivity contribution is -0.145. The third-order valence-corrected chi connectivity index (χ3v) is 7.99. The summed E-state index contributed by atoms with van der Waals surface area (Å²) in [7, 11) is 0. The van der Waals surface area contributed by atoms with Gasteiger partial charge in [0.05, 0.1) is 6.54 Å². The summed E-state index contributed by atoms with van der Waals surface area (Å²) >= 11 is 5.93. The van der Waals surface area contributed by atoms with E-state index in [0.29, 0.717) is 28.7 Å². The fourth-order valence-electron chi connectivity index (χ4n) is 5.36. The fourth-order valence-corrected chi connectivity index (χ4v) is 5.49. The first-order chi connectivity index (χ1) is 18.8. The Kier molecular flexibility index (Phi) is 14.4. The van der Waals surface area contributed by atoms with E-state index in [1.807, 2.05) is 38.1 Å². The maximum absolute atomic E-state index is 12.4. The summed E-state index contributed by atoms with van der Waals surface area (Å²) in [6.45, 7) is 24.8. The molecule has 2 aliphatic rings. The predicted molar refractivity (Wildman–Crippen MR) is 161 cm³/mol. The summed E-state index contributed by atoms with van der Waals surface area (Å²) in [6, 6.07) is 7.41. The largest absolute Gasteiger partial charge is 0.355 e. The first-order valence-corrected chi connectivity index (χ1v) is 15.3. The Bertz CT molecular complexity index is 939. The molecule has 8 nitrogen and oxygen atoms in total. The zero-order valence-corrected chi connectivity index (χ0v) is 26.1. The van der Waals surface area contributed by atoms with Crippen molar-refractivity contribution in [3.8, 4) is 11.4 Å². The smallest absolute Gasteiger partial charge is 0.241 e. The molecule has 2 fully saturated rings. The van der Waals surface area contributed by atoms with Crippen LogP contribution in [0.2, 0.25) is 5.02 Å². The molecule has 9 heteroatoms. The monoisotopic (exact) mass is 562 g/mol. The van der Waals surface area contributed by atoms with Crippen molar-refractivity contribution in [2.24, 2.45) is 11.3 Å². The predicted octanol–water partition coefficient (Wildman–Crippen LogP) is 5.43. The van der Waals surface area contributed by atoms with E-state index in [0.717, 1.165) is 57.7 Å². The van der Waals surface area contributed by atoms with Crippen LogP contribution in [-0.4, -0.2) is 89.7 Å². The van der Waals surface area contributed by atoms with Crippen molar-refractivity contribution in [2.45, 2.75) is 67.9 Å². The SMILES string of the molecule is CC.CCN(CC)CC.CCN(CC)CCNC(=O)C1CC2(C1)CN(Cc1nc(-c3ccc(Cl)cc3)no1)C2. The van der Waals surface area contributed by atoms with Crippen LogP contribution in [0.5, 0.6) is 0 Å². The number of rotatable bonds is 12. The second-order valence-corrected chi connectivity index (χ2v) is 10.6. The molecule has 1 spiro atoms. The number of aromatic nitrogens is 2. The van der Waals surface area contributed by atoms with Gasteiger partial charge in [-0.2, -0.15) is 4.98 Å². The quantitative estimate of drug-likeness (QED) is 0.369. The number of hydrogen-bond donors (Lipinski definition) is 1. The average Bonchev–Trinajstić information content (AvgIpc) is 3.38. The third-order valence-electron chi connectivity index (χ3n) is 7.74. The van der Waals surface area contributed by atoms with Crippen LogP contribution < -0.4 is 5.32 Å². The molecule has 1 amide bonds. The van der Waals surface area contributed by atoms with Gasteiger partial charge in [-0.25, -0.2) is 0 Å². The molecule has 2 heterocycles. The van der Waals surface area contributed by atoms with Crippen molar-refractivity contribution in [2.75, 3.05) is 58.9 Å². The Balaban J connectivity index is 0.000000517. The molecular weight excluding hydrogens is 512 g/mol. The molecule has 1 aliphatic carbocycles. The second kappa shape index (κ2) is 17.0. The molecule has 1 aromatic heterocycles. The molecule has 0 atom stereocenters. The third kappa shape index (κ3) is 9.85. The molecule has 1 saturated carbocycles. The van der Waals surface area contributed by atoms with Gasteiger partial charge in [-0.1, -0.05) is 65.2 Å². The maximum Gasteiger partial charge on any atom is 0.241 e. The van der Waals surface area contributed by atoms with Crippen molar-refractivity contribution in [3.05, 3.63) is 35.2 Å². The van der Waals surface area contributed by atoms with Gasteiger partial charge in [-0.15, -0.1) is 0 Å². The number of nitrogens with zero attached hydrogens (tertiary/aromatic N) is 5. The van der Waals surface area contributed by atoms with Gasteiger partial charge in [0.2, 0.25) is 17.6 Å². The van der Waals surface area contributed by atoms with Crippen LogP contribution in [0, 0.1) is 11.3 Å². The summed E-state index contributed by atoms with van der Waals surface area (Å²) in [5.74, 6) is 1.60. The van der Waals surface area contributed by atoms with Crippen molar-refractivity contribution in [3.63, 3.8) is 0 Å². The molecule has 0 radical (unpaired) electrons. The Morgan fingerprint density at radius 2 is 1.56 bits per heavy atom. The van der Waals surface area contributed by atoms with Gasteiger partial charge in [0.1, 0.15) is 0 Å². The second-order valence-electron chi connectivity index (χ2n) is 10.2. The molecule has 1 N–H and O–H groups in total. The van der Waals surface area contributed by atoms with Crippen molar-refractivity contribution >= 4 is 17.5 Å². The van der Waals surface area contributed by atoms with E-state index in [-0.39, 0.29) is 11.8 Å². The van der Waals surface area contributed by atoms with Crippen LogP contribution in [0.1, 0.15) is 67.2 Å². The van der Waals surface area contributed by atoms with Crippen LogP contribution >= 0.6 is 11.6 Å². The number of benzene rings is 1. The van der Waals surface area contributed by atoms with Gasteiger partial charge in [0.15, 0.2) is 0 Å². The molecule has 220 valence electrons. The molecule has 39 heavy (non-hydrogen) atoms. The van der Waals surface area contributed by atoms with Gasteiger partial charge in [-0.3, -0.25) is 9.69 Å². The minimum absolute atomic E-state index is 0.170. The zero-order chi connectivity index (χ0) is 28.8. The maximum atomic E-state index is 12.4. The molecular formula is C30H51ClN6O2. The van der Waals surface area contributed by atoms with Crippen LogP contribution in [-0.2, 0) is 11.3 Å². The molecule has 2 aromatic rings. The van der Waals surface area contributed by atoms with Crippen LogP contribution in [0.25, 0.3) is 11.4 Å². The van der Waals surface area contributed by atoms with E-state index in [1.165, 1.54) is 19.6 Å². The number of carbonyl (C=O) groups is 1. The fraction of sp³-hybridized carbons (Fsp3) is 0.700. The van der Waals surface area contributed by atoms with Gasteiger partial charge < -0.3 is 19.6 Å². The zero-order valence-electron chi connectivity index (χ0n) is 25.3. The van der Waals surface area contributed by atoms with Crippen LogP contribution in [0.4, 0.5) is 0 Å². The number of hydrogen-bond acceptors (Lipinski definition) is 7. The Morgan fingerprint density at radius 3 is 2.08 bits per heavy atom. The number of likely N-dealkylation sites (tertiary alicyclic amines) is 1. The van der Waals surface area contributed by atoms with E-state index < -0.39 is 0 Å². The van der Waals surface area contributed by atoms with E-state index >= 15 is 0 Å². The van der Waals surface area contributed by atoms with Crippen molar-refractivity contribution < 1.29 is 9.32 Å². The molecule has 1 aromatic carbocycles. The van der Waals surface area contributed by atoms with E-state index in [1.54, 1.807) is 0 Å². The van der Waals surface area contributed by atoms with E-state index in [4.69, 9.17) is 16.1 Å². The lowest BCUT2D eigenvalue weighted by Gasteiger charge is -2.58. The summed E-state index contributed by atoms with van der Waals surface area (Å²) < 4.78 is 5.41. The Morgan fingerprint density at radius 1 is 1.00 bits per heavy atom. The standard InChI is InChI=1S/C22H30ClN5O2.C6H15N.C2H6/c1-3-27(4-2)10-9-24-21(29)17-11-22(12-17)14-28(15-22)13-19-25-20(26-30-19)16-5-7-18(23)8-6-16;1-4-7(5-2)6-3;1-2/h5-8,17H,3-4,9-15H2,1-2H3,(H,24,29);4-6H2,1-3H3;1-2H3. The van der Waals surface area contributed by atoms with Gasteiger partial charge in [0, 0.05) is 42.7 Å². The highest BCUT2D eigenvalue weighted by Crippen LogP contribution is 2.52. The number of halogens is 1. The van der Waals surface area contributed by atoms with Gasteiger partial charge in [-0.05, 0) is 75.2 Å². The highest BCUT2D eigenvalue weighted by atomic mass is 35.5. The van der Waals surface area contributed by atoms with Crippen molar-refractivity contribution in [1.29, 1.82) is 0 Å². The Labute approximate surface area is 241 Å². The minimum Gasteiger partial charge on any atom is -0.355 e. The minimum atomic E-state index is 0.170. The summed E-state index contributed by atoms with van der Waals surface area (Å²) in [6.07, 6.45) is 1.97. The molecule has 0 unspecified atom stereocenters. The first-order valence-electron chi connectivity index (χ1n) is 14.9. The van der Waals surface area contributed by atoms with E-state index in [2.05, 4.69) is 64.8 Å². The number of nitrogens with one attached hydrogen (secondary N) is 1. The topological polar surface area (TPSA) is 77.7 Å². The number of carbonyl (C=O) groups excluding carboxylic acids is 1. The molecule has 0 bridgehead atoms. The lowest BCUT2D eigenvalue weighted by Crippen LogP contribution is -2.63. The number of amides is 1. The normalized spacial score (nSPS) is 16.2. The van der Waals surface area contributed by atoms with Crippen LogP contribution in [0.3, 0.4) is 0 Å². The van der Waals surface area contributed by atoms with E-state index in [9.17, 15) is 4.79 Å². The number of likely N-dealkylation sites (N-methyl/N-ethyl adjacent to an activating group) is 1. The summed E-state index contributed by atoms with van der Waals surface area (Å²) in [5.41, 5.74) is 1.20. The van der Waals surface area contributed by atoms with Crippen LogP contribution in [0.15, 0.2) is 28.8 Å². The van der Waals surface area contributed by atoms with Gasteiger partial charge >= 0.3 is 0 Å². The van der Waals surface area contributed by atoms with Gasteiger partial charge in [0.25, 0.3) is 0 Å². The highest BCUT2D eigenvalue weighted by Gasteiger charge is 2.54. The highest BCUT2D eigenvalue weighted by molar-refractivity contribution is 6.30. The molecule has 1 aliphatic heterocycles. The average molecular weight is 563 g/mol. The summed E-state index contributed by atoms with van der Waals surface area (Å²) in [5, 5.41) is 7.87. The molecule has 1 saturated heterocycles. The Hall–Kier alpha value is -2.00. The first kappa shape index (κ1) is 33.2. The molecule has 4 rings (SSSR count). The summed E-state index contributed by atoms with van der Waals surface area (Å²) in [4.78, 5) is 23.9.